The molecule has 0 unspecified atom stereocenters. The number of fused-ring (bicyclic) bond motifs is 5. The molecule has 5 aliphatic rings. The van der Waals surface area contributed by atoms with E-state index in [-0.39, 0.29) is 0 Å². The maximum absolute atomic E-state index is 2.76. The van der Waals surface area contributed by atoms with E-state index in [1.54, 1.807) is 25.7 Å². The fourth-order valence-corrected chi connectivity index (χ4v) is 9.76. The molecule has 2 heterocycles. The minimum Gasteiger partial charge on any atom is -0.324 e. The van der Waals surface area contributed by atoms with Crippen molar-refractivity contribution in [3.63, 3.8) is 0 Å². The Bertz CT molecular complexity index is 606. The van der Waals surface area contributed by atoms with Gasteiger partial charge in [-0.1, -0.05) is 6.92 Å². The van der Waals surface area contributed by atoms with Gasteiger partial charge in [0.1, 0.15) is 0 Å². The molecule has 160 valence electrons. The van der Waals surface area contributed by atoms with Crippen LogP contribution >= 0.6 is 0 Å². The first-order valence-electron chi connectivity index (χ1n) is 12.9. The van der Waals surface area contributed by atoms with Crippen LogP contribution in [0.15, 0.2) is 0 Å². The van der Waals surface area contributed by atoms with Crippen molar-refractivity contribution in [1.29, 1.82) is 0 Å². The zero-order chi connectivity index (χ0) is 19.8. The van der Waals surface area contributed by atoms with Crippen LogP contribution in [0.5, 0.6) is 0 Å². The molecule has 2 heteroatoms. The van der Waals surface area contributed by atoms with E-state index in [0.29, 0.717) is 11.0 Å². The van der Waals surface area contributed by atoms with Gasteiger partial charge < -0.3 is 8.97 Å². The van der Waals surface area contributed by atoms with Crippen LogP contribution in [0.4, 0.5) is 0 Å². The maximum atomic E-state index is 2.76. The normalized spacial score (nSPS) is 52.4. The highest BCUT2D eigenvalue weighted by atomic mass is 15.4. The lowest BCUT2D eigenvalue weighted by Crippen LogP contribution is -2.69. The van der Waals surface area contributed by atoms with Crippen LogP contribution in [0.1, 0.15) is 84.5 Å². The molecule has 0 bridgehead atoms. The Labute approximate surface area is 175 Å². The van der Waals surface area contributed by atoms with Crippen LogP contribution in [0.2, 0.25) is 0 Å². The molecule has 0 aromatic rings. The average molecular weight is 389 g/mol. The molecule has 2 nitrogen and oxygen atoms in total. The lowest BCUT2D eigenvalue weighted by Gasteiger charge is -2.65. The van der Waals surface area contributed by atoms with Gasteiger partial charge in [-0.15, -0.1) is 0 Å². The molecule has 7 atom stereocenters. The van der Waals surface area contributed by atoms with Crippen molar-refractivity contribution in [1.82, 2.24) is 0 Å². The van der Waals surface area contributed by atoms with Crippen LogP contribution in [0, 0.1) is 29.1 Å². The van der Waals surface area contributed by atoms with Gasteiger partial charge in [-0.05, 0) is 75.0 Å². The second kappa shape index (κ2) is 6.46. The molecule has 0 spiro atoms. The molecule has 0 amide bonds. The summed E-state index contributed by atoms with van der Waals surface area (Å²) in [7, 11) is 7.69. The van der Waals surface area contributed by atoms with E-state index < -0.39 is 0 Å². The molecule has 0 N–H and O–H groups in total. The zero-order valence-electron chi connectivity index (χ0n) is 19.7. The second-order valence-electron chi connectivity index (χ2n) is 13.2. The number of piperidine rings is 1. The highest BCUT2D eigenvalue weighted by Crippen LogP contribution is 2.64. The van der Waals surface area contributed by atoms with E-state index in [1.165, 1.54) is 73.5 Å². The molecular weight excluding hydrogens is 340 g/mol. The van der Waals surface area contributed by atoms with E-state index in [4.69, 9.17) is 0 Å². The highest BCUT2D eigenvalue weighted by Gasteiger charge is 2.62. The molecule has 3 aliphatic carbocycles. The van der Waals surface area contributed by atoms with Crippen LogP contribution in [-0.2, 0) is 0 Å². The molecule has 0 radical (unpaired) electrons. The summed E-state index contributed by atoms with van der Waals surface area (Å²) in [6.07, 6.45) is 16.7. The van der Waals surface area contributed by atoms with Gasteiger partial charge in [0, 0.05) is 31.6 Å². The van der Waals surface area contributed by atoms with Crippen molar-refractivity contribution < 1.29 is 8.97 Å². The Morgan fingerprint density at radius 2 is 1.46 bits per heavy atom. The number of likely N-dealkylation sites (tertiary alicyclic amines) is 2. The molecule has 5 fully saturated rings. The molecule has 28 heavy (non-hydrogen) atoms. The van der Waals surface area contributed by atoms with Crippen LogP contribution in [0.3, 0.4) is 0 Å². The third-order valence-corrected chi connectivity index (χ3v) is 12.1. The van der Waals surface area contributed by atoms with Crippen molar-refractivity contribution in [2.75, 3.05) is 40.8 Å². The Hall–Kier alpha value is -0.0800. The standard InChI is InChI=1S/C26H48N2/c1-25-14-12-21(28(5)17-6-7-18-28)19-20(25)10-11-22-23(25)13-15-26(2)24(22)9-8-16-27(26,3)4/h20-24H,6-19H2,1-5H3/q+2/t20-,21+,22+,23-,24-,25-,26-/m0/s1. The Morgan fingerprint density at radius 1 is 0.714 bits per heavy atom. The second-order valence-corrected chi connectivity index (χ2v) is 13.2. The molecule has 2 aliphatic heterocycles. The third-order valence-electron chi connectivity index (χ3n) is 12.1. The summed E-state index contributed by atoms with van der Waals surface area (Å²) >= 11 is 0. The topological polar surface area (TPSA) is 0 Å². The smallest absolute Gasteiger partial charge is 0.0991 e. The van der Waals surface area contributed by atoms with Crippen LogP contribution < -0.4 is 0 Å². The lowest BCUT2D eigenvalue weighted by atomic mass is 9.44. The minimum absolute atomic E-state index is 0.550. The first-order chi connectivity index (χ1) is 13.2. The summed E-state index contributed by atoms with van der Waals surface area (Å²) in [6.45, 7) is 9.78. The summed E-state index contributed by atoms with van der Waals surface area (Å²) < 4.78 is 2.71. The maximum Gasteiger partial charge on any atom is 0.0991 e. The SMILES string of the molecule is C[C@]12CC[C@@H]([N+]3(C)CCCC3)C[C@@H]1CC[C@@H]1[C@@H]2CC[C@@]2(C)[C@H]1CCC[N+]2(C)C. The predicted octanol–water partition coefficient (Wildman–Crippen LogP) is 5.47. The van der Waals surface area contributed by atoms with E-state index in [2.05, 4.69) is 35.0 Å². The van der Waals surface area contributed by atoms with Gasteiger partial charge in [0.05, 0.1) is 52.4 Å². The average Bonchev–Trinajstić information content (AvgIpc) is 3.09. The molecule has 0 aromatic heterocycles. The quantitative estimate of drug-likeness (QED) is 0.523. The number of nitrogens with zero attached hydrogens (tertiary/aromatic N) is 2. The first-order valence-corrected chi connectivity index (χ1v) is 12.9. The fourth-order valence-electron chi connectivity index (χ4n) is 9.76. The summed E-state index contributed by atoms with van der Waals surface area (Å²) in [6, 6.07) is 0.983. The molecule has 5 rings (SSSR count). The van der Waals surface area contributed by atoms with Crippen molar-refractivity contribution >= 4 is 0 Å². The molecular formula is C26H48N2+2. The molecule has 2 saturated heterocycles. The van der Waals surface area contributed by atoms with E-state index in [1.807, 2.05) is 0 Å². The number of hydrogen-bond acceptors (Lipinski definition) is 0. The van der Waals surface area contributed by atoms with E-state index in [9.17, 15) is 0 Å². The number of rotatable bonds is 1. The number of hydrogen-bond donors (Lipinski definition) is 0. The Morgan fingerprint density at radius 3 is 2.21 bits per heavy atom. The van der Waals surface area contributed by atoms with E-state index in [0.717, 1.165) is 29.7 Å². The first kappa shape index (κ1) is 19.9. The molecule has 3 saturated carbocycles. The van der Waals surface area contributed by atoms with Gasteiger partial charge >= 0.3 is 0 Å². The third kappa shape index (κ3) is 2.65. The van der Waals surface area contributed by atoms with Crippen molar-refractivity contribution in [3.05, 3.63) is 0 Å². The van der Waals surface area contributed by atoms with Gasteiger partial charge in [0.2, 0.25) is 0 Å². The van der Waals surface area contributed by atoms with Gasteiger partial charge in [0.15, 0.2) is 0 Å². The molecule has 0 aromatic carbocycles. The summed E-state index contributed by atoms with van der Waals surface area (Å²) in [4.78, 5) is 0. The van der Waals surface area contributed by atoms with Crippen molar-refractivity contribution in [2.24, 2.45) is 29.1 Å². The van der Waals surface area contributed by atoms with Crippen LogP contribution in [0.25, 0.3) is 0 Å². The van der Waals surface area contributed by atoms with Gasteiger partial charge in [-0.2, -0.15) is 0 Å². The summed E-state index contributed by atoms with van der Waals surface area (Å²) in [5, 5.41) is 0. The van der Waals surface area contributed by atoms with Crippen molar-refractivity contribution in [3.8, 4) is 0 Å². The van der Waals surface area contributed by atoms with Crippen molar-refractivity contribution in [2.45, 2.75) is 96.1 Å². The largest absolute Gasteiger partial charge is 0.324 e. The summed E-state index contributed by atoms with van der Waals surface area (Å²) in [5.74, 6) is 4.09. The Kier molecular flexibility index (Phi) is 4.58. The predicted molar refractivity (Wildman–Crippen MR) is 118 cm³/mol. The monoisotopic (exact) mass is 388 g/mol. The van der Waals surface area contributed by atoms with Crippen LogP contribution in [-0.4, -0.2) is 61.3 Å². The lowest BCUT2D eigenvalue weighted by molar-refractivity contribution is -0.952. The van der Waals surface area contributed by atoms with Gasteiger partial charge in [-0.25, -0.2) is 0 Å². The van der Waals surface area contributed by atoms with Gasteiger partial charge in [0.25, 0.3) is 0 Å². The zero-order valence-corrected chi connectivity index (χ0v) is 19.7. The summed E-state index contributed by atoms with van der Waals surface area (Å²) in [5.41, 5.74) is 1.21. The number of quaternary nitrogens is 2. The highest BCUT2D eigenvalue weighted by molar-refractivity contribution is 5.07. The van der Waals surface area contributed by atoms with E-state index >= 15 is 0 Å². The Balaban J connectivity index is 1.37. The van der Waals surface area contributed by atoms with Gasteiger partial charge in [-0.3, -0.25) is 0 Å². The minimum atomic E-state index is 0.550. The fraction of sp³-hybridized carbons (Fsp3) is 1.00.